The van der Waals surface area contributed by atoms with E-state index in [2.05, 4.69) is 54.6 Å². The lowest BCUT2D eigenvalue weighted by Gasteiger charge is -2.38. The molecule has 2 N–H and O–H groups in total. The van der Waals surface area contributed by atoms with Crippen LogP contribution in [0.25, 0.3) is 0 Å². The molecule has 2 nitrogen and oxygen atoms in total. The van der Waals surface area contributed by atoms with Gasteiger partial charge in [0.15, 0.2) is 0 Å². The standard InChI is InChI=1S/C17H22N2Si/c1-20(2)16-8-4-3-6-14(16)13(7-5-10-18)15-12-19-11-9-17(15)20/h3-4,6,8-9,11-13H,5,7,10,18H2,1-2H3. The van der Waals surface area contributed by atoms with E-state index in [0.717, 1.165) is 19.4 Å². The van der Waals surface area contributed by atoms with Gasteiger partial charge in [0.2, 0.25) is 0 Å². The maximum atomic E-state index is 5.73. The van der Waals surface area contributed by atoms with Gasteiger partial charge in [0, 0.05) is 18.3 Å². The highest BCUT2D eigenvalue weighted by atomic mass is 28.3. The van der Waals surface area contributed by atoms with E-state index >= 15 is 0 Å². The molecule has 3 rings (SSSR count). The minimum absolute atomic E-state index is 0.471. The molecule has 1 aliphatic heterocycles. The van der Waals surface area contributed by atoms with Crippen LogP contribution in [0.3, 0.4) is 0 Å². The minimum atomic E-state index is -1.58. The quantitative estimate of drug-likeness (QED) is 0.876. The highest BCUT2D eigenvalue weighted by Crippen LogP contribution is 2.32. The topological polar surface area (TPSA) is 38.9 Å². The second-order valence-corrected chi connectivity index (χ2v) is 10.5. The fourth-order valence-corrected chi connectivity index (χ4v) is 6.80. The molecule has 104 valence electrons. The maximum absolute atomic E-state index is 5.73. The van der Waals surface area contributed by atoms with Crippen LogP contribution in [0, 0.1) is 0 Å². The van der Waals surface area contributed by atoms with Crippen molar-refractivity contribution in [1.82, 2.24) is 4.98 Å². The molecule has 0 aliphatic carbocycles. The van der Waals surface area contributed by atoms with Gasteiger partial charge in [0.25, 0.3) is 0 Å². The van der Waals surface area contributed by atoms with Crippen molar-refractivity contribution in [1.29, 1.82) is 0 Å². The second-order valence-electron chi connectivity index (χ2n) is 6.16. The van der Waals surface area contributed by atoms with Crippen LogP contribution in [-0.4, -0.2) is 19.6 Å². The molecule has 1 unspecified atom stereocenters. The van der Waals surface area contributed by atoms with Crippen LogP contribution in [0.2, 0.25) is 13.1 Å². The zero-order chi connectivity index (χ0) is 14.2. The van der Waals surface area contributed by atoms with E-state index in [9.17, 15) is 0 Å². The van der Waals surface area contributed by atoms with Crippen LogP contribution in [0.4, 0.5) is 0 Å². The first kappa shape index (κ1) is 13.5. The molecule has 0 saturated heterocycles. The van der Waals surface area contributed by atoms with Crippen molar-refractivity contribution in [3.63, 3.8) is 0 Å². The summed E-state index contributed by atoms with van der Waals surface area (Å²) in [7, 11) is -1.58. The molecule has 0 spiro atoms. The molecule has 20 heavy (non-hydrogen) atoms. The fraction of sp³-hybridized carbons (Fsp3) is 0.353. The Bertz CT molecular complexity index is 572. The smallest absolute Gasteiger partial charge is 0.113 e. The Morgan fingerprint density at radius 3 is 2.65 bits per heavy atom. The zero-order valence-electron chi connectivity index (χ0n) is 12.3. The van der Waals surface area contributed by atoms with Crippen molar-refractivity contribution in [3.05, 3.63) is 53.9 Å². The van der Waals surface area contributed by atoms with Crippen molar-refractivity contribution in [2.24, 2.45) is 5.73 Å². The van der Waals surface area contributed by atoms with Crippen LogP contribution in [0.1, 0.15) is 29.9 Å². The number of hydrogen-bond acceptors (Lipinski definition) is 2. The lowest BCUT2D eigenvalue weighted by Crippen LogP contribution is -2.59. The van der Waals surface area contributed by atoms with Crippen LogP contribution in [0.5, 0.6) is 0 Å². The summed E-state index contributed by atoms with van der Waals surface area (Å²) in [6.45, 7) is 5.66. The third-order valence-corrected chi connectivity index (χ3v) is 8.21. The molecular formula is C17H22N2Si. The molecule has 2 aromatic rings. The van der Waals surface area contributed by atoms with Crippen LogP contribution < -0.4 is 16.1 Å². The number of aromatic nitrogens is 1. The Labute approximate surface area is 122 Å². The Hall–Kier alpha value is -1.45. The van der Waals surface area contributed by atoms with Gasteiger partial charge in [-0.1, -0.05) is 42.5 Å². The Kier molecular flexibility index (Phi) is 3.48. The van der Waals surface area contributed by atoms with Crippen molar-refractivity contribution >= 4 is 18.4 Å². The van der Waals surface area contributed by atoms with Gasteiger partial charge in [-0.2, -0.15) is 0 Å². The SMILES string of the molecule is C[Si]1(C)c2ccccc2C(CCCN)c2cnccc21. The highest BCUT2D eigenvalue weighted by molar-refractivity contribution is 7.01. The number of rotatable bonds is 3. The van der Waals surface area contributed by atoms with Gasteiger partial charge in [-0.15, -0.1) is 0 Å². The number of pyridine rings is 1. The van der Waals surface area contributed by atoms with Gasteiger partial charge in [-0.05, 0) is 41.8 Å². The van der Waals surface area contributed by atoms with Crippen LogP contribution in [0.15, 0.2) is 42.7 Å². The molecule has 1 aliphatic rings. The third-order valence-electron chi connectivity index (χ3n) is 4.61. The predicted molar refractivity (Wildman–Crippen MR) is 87.6 cm³/mol. The van der Waals surface area contributed by atoms with E-state index in [-0.39, 0.29) is 0 Å². The lowest BCUT2D eigenvalue weighted by atomic mass is 9.87. The van der Waals surface area contributed by atoms with Crippen LogP contribution >= 0.6 is 0 Å². The normalized spacial score (nSPS) is 19.2. The molecule has 1 aromatic carbocycles. The van der Waals surface area contributed by atoms with Crippen molar-refractivity contribution in [3.8, 4) is 0 Å². The van der Waals surface area contributed by atoms with E-state index in [0.29, 0.717) is 5.92 Å². The number of hydrogen-bond donors (Lipinski definition) is 1. The first-order valence-electron chi connectivity index (χ1n) is 7.40. The molecule has 3 heteroatoms. The van der Waals surface area contributed by atoms with Gasteiger partial charge in [0.1, 0.15) is 8.07 Å². The van der Waals surface area contributed by atoms with E-state index in [4.69, 9.17) is 5.73 Å². The van der Waals surface area contributed by atoms with Gasteiger partial charge in [-0.25, -0.2) is 0 Å². The summed E-state index contributed by atoms with van der Waals surface area (Å²) >= 11 is 0. The lowest BCUT2D eigenvalue weighted by molar-refractivity contribution is 0.669. The number of benzene rings is 1. The summed E-state index contributed by atoms with van der Waals surface area (Å²) in [6.07, 6.45) is 6.22. The first-order chi connectivity index (χ1) is 9.66. The second kappa shape index (κ2) is 5.15. The third kappa shape index (κ3) is 2.02. The average Bonchev–Trinajstić information content (AvgIpc) is 2.48. The van der Waals surface area contributed by atoms with E-state index in [1.54, 1.807) is 10.4 Å². The highest BCUT2D eigenvalue weighted by Gasteiger charge is 2.38. The molecule has 0 bridgehead atoms. The maximum Gasteiger partial charge on any atom is 0.113 e. The summed E-state index contributed by atoms with van der Waals surface area (Å²) in [6, 6.07) is 11.2. The summed E-state index contributed by atoms with van der Waals surface area (Å²) in [4.78, 5) is 4.39. The molecular weight excluding hydrogens is 260 g/mol. The summed E-state index contributed by atoms with van der Waals surface area (Å²) < 4.78 is 0. The molecule has 2 heterocycles. The Morgan fingerprint density at radius 2 is 1.85 bits per heavy atom. The summed E-state index contributed by atoms with van der Waals surface area (Å²) in [5.41, 5.74) is 8.69. The average molecular weight is 282 g/mol. The Balaban J connectivity index is 2.19. The summed E-state index contributed by atoms with van der Waals surface area (Å²) in [5, 5.41) is 3.13. The zero-order valence-corrected chi connectivity index (χ0v) is 13.3. The van der Waals surface area contributed by atoms with Crippen molar-refractivity contribution < 1.29 is 0 Å². The Morgan fingerprint density at radius 1 is 1.10 bits per heavy atom. The predicted octanol–water partition coefficient (Wildman–Crippen LogP) is 2.09. The van der Waals surface area contributed by atoms with Gasteiger partial charge in [0.05, 0.1) is 0 Å². The monoisotopic (exact) mass is 282 g/mol. The molecule has 1 aromatic heterocycles. The first-order valence-corrected chi connectivity index (χ1v) is 10.4. The molecule has 0 fully saturated rings. The van der Waals surface area contributed by atoms with E-state index in [1.807, 2.05) is 6.20 Å². The number of nitrogens with two attached hydrogens (primary N) is 1. The summed E-state index contributed by atoms with van der Waals surface area (Å²) in [5.74, 6) is 0.471. The van der Waals surface area contributed by atoms with Gasteiger partial charge >= 0.3 is 0 Å². The number of fused-ring (bicyclic) bond motifs is 2. The molecule has 0 saturated carbocycles. The molecule has 0 radical (unpaired) electrons. The van der Waals surface area contributed by atoms with E-state index in [1.165, 1.54) is 11.1 Å². The molecule has 1 atom stereocenters. The largest absolute Gasteiger partial charge is 0.330 e. The van der Waals surface area contributed by atoms with Crippen molar-refractivity contribution in [2.45, 2.75) is 31.9 Å². The van der Waals surface area contributed by atoms with Crippen molar-refractivity contribution in [2.75, 3.05) is 6.54 Å². The minimum Gasteiger partial charge on any atom is -0.330 e. The fourth-order valence-electron chi connectivity index (χ4n) is 3.57. The van der Waals surface area contributed by atoms with Gasteiger partial charge < -0.3 is 5.73 Å². The van der Waals surface area contributed by atoms with Crippen LogP contribution in [-0.2, 0) is 0 Å². The number of nitrogens with zero attached hydrogens (tertiary/aromatic N) is 1. The van der Waals surface area contributed by atoms with Gasteiger partial charge in [-0.3, -0.25) is 4.98 Å². The molecule has 0 amide bonds. The van der Waals surface area contributed by atoms with E-state index < -0.39 is 8.07 Å².